The van der Waals surface area contributed by atoms with E-state index in [-0.39, 0.29) is 6.04 Å². The van der Waals surface area contributed by atoms with Crippen LogP contribution in [0.3, 0.4) is 0 Å². The molecule has 0 aliphatic carbocycles. The van der Waals surface area contributed by atoms with Crippen LogP contribution in [0.2, 0.25) is 0 Å². The molecule has 0 amide bonds. The first-order valence-electron chi connectivity index (χ1n) is 6.78. The van der Waals surface area contributed by atoms with Crippen molar-refractivity contribution in [3.8, 4) is 0 Å². The van der Waals surface area contributed by atoms with Crippen molar-refractivity contribution < 1.29 is 0 Å². The summed E-state index contributed by atoms with van der Waals surface area (Å²) in [6.07, 6.45) is 1.01. The predicted molar refractivity (Wildman–Crippen MR) is 80.9 cm³/mol. The van der Waals surface area contributed by atoms with Gasteiger partial charge in [-0.3, -0.25) is 5.84 Å². The molecule has 2 aromatic rings. The fraction of sp³-hybridized carbons (Fsp3) is 0.294. The summed E-state index contributed by atoms with van der Waals surface area (Å²) in [6.45, 7) is 6.43. The van der Waals surface area contributed by atoms with E-state index in [1.165, 1.54) is 27.8 Å². The highest BCUT2D eigenvalue weighted by molar-refractivity contribution is 5.41. The molecule has 0 aromatic heterocycles. The van der Waals surface area contributed by atoms with Gasteiger partial charge in [0, 0.05) is 0 Å². The minimum absolute atomic E-state index is 0.0525. The van der Waals surface area contributed by atoms with E-state index in [0.29, 0.717) is 0 Å². The van der Waals surface area contributed by atoms with E-state index in [4.69, 9.17) is 5.84 Å². The maximum atomic E-state index is 5.82. The second kappa shape index (κ2) is 6.00. The summed E-state index contributed by atoms with van der Waals surface area (Å²) in [4.78, 5) is 0. The van der Waals surface area contributed by atoms with E-state index in [9.17, 15) is 0 Å². The Hall–Kier alpha value is -1.64. The quantitative estimate of drug-likeness (QED) is 0.648. The van der Waals surface area contributed by atoms with Gasteiger partial charge in [-0.1, -0.05) is 55.0 Å². The van der Waals surface area contributed by atoms with Crippen LogP contribution in [-0.4, -0.2) is 0 Å². The zero-order valence-electron chi connectivity index (χ0n) is 11.9. The molecule has 1 atom stereocenters. The van der Waals surface area contributed by atoms with Crippen molar-refractivity contribution >= 4 is 0 Å². The van der Waals surface area contributed by atoms with Gasteiger partial charge in [0.2, 0.25) is 0 Å². The summed E-state index contributed by atoms with van der Waals surface area (Å²) in [6, 6.07) is 15.0. The molecule has 0 saturated carbocycles. The molecule has 1 unspecified atom stereocenters. The lowest BCUT2D eigenvalue weighted by molar-refractivity contribution is 0.628. The normalized spacial score (nSPS) is 12.4. The van der Waals surface area contributed by atoms with E-state index in [1.54, 1.807) is 0 Å². The smallest absolute Gasteiger partial charge is 0.0715 e. The summed E-state index contributed by atoms with van der Waals surface area (Å²) in [5.74, 6) is 5.82. The van der Waals surface area contributed by atoms with Crippen LogP contribution in [0.4, 0.5) is 0 Å². The van der Waals surface area contributed by atoms with Gasteiger partial charge in [-0.2, -0.15) is 0 Å². The SMILES string of the molecule is CCc1ccccc1C(NN)c1ccc(C)cc1C. The molecule has 0 aliphatic heterocycles. The van der Waals surface area contributed by atoms with Gasteiger partial charge >= 0.3 is 0 Å². The third-order valence-corrected chi connectivity index (χ3v) is 3.65. The van der Waals surface area contributed by atoms with Crippen molar-refractivity contribution in [1.82, 2.24) is 5.43 Å². The highest BCUT2D eigenvalue weighted by Crippen LogP contribution is 2.27. The molecular formula is C17H22N2. The van der Waals surface area contributed by atoms with E-state index in [2.05, 4.69) is 68.7 Å². The van der Waals surface area contributed by atoms with Crippen LogP contribution >= 0.6 is 0 Å². The number of rotatable bonds is 4. The molecule has 2 aromatic carbocycles. The van der Waals surface area contributed by atoms with E-state index < -0.39 is 0 Å². The average Bonchev–Trinajstić information content (AvgIpc) is 2.42. The highest BCUT2D eigenvalue weighted by atomic mass is 15.2. The number of aryl methyl sites for hydroxylation is 3. The predicted octanol–water partition coefficient (Wildman–Crippen LogP) is 3.42. The molecule has 0 aliphatic rings. The molecule has 2 nitrogen and oxygen atoms in total. The molecule has 19 heavy (non-hydrogen) atoms. The summed E-state index contributed by atoms with van der Waals surface area (Å²) in [7, 11) is 0. The molecule has 0 heterocycles. The largest absolute Gasteiger partial charge is 0.271 e. The van der Waals surface area contributed by atoms with Crippen LogP contribution in [0.15, 0.2) is 42.5 Å². The van der Waals surface area contributed by atoms with Gasteiger partial charge in [0.05, 0.1) is 6.04 Å². The molecule has 100 valence electrons. The van der Waals surface area contributed by atoms with Gasteiger partial charge in [0.1, 0.15) is 0 Å². The Kier molecular flexibility index (Phi) is 4.35. The van der Waals surface area contributed by atoms with Crippen LogP contribution in [0.25, 0.3) is 0 Å². The Bertz CT molecular complexity index is 561. The number of hydrazine groups is 1. The zero-order chi connectivity index (χ0) is 13.8. The van der Waals surface area contributed by atoms with Crippen LogP contribution < -0.4 is 11.3 Å². The molecule has 0 bridgehead atoms. The Labute approximate surface area is 115 Å². The first kappa shape index (κ1) is 13.8. The van der Waals surface area contributed by atoms with Crippen LogP contribution in [0.1, 0.15) is 40.8 Å². The van der Waals surface area contributed by atoms with Crippen molar-refractivity contribution in [3.05, 3.63) is 70.3 Å². The maximum Gasteiger partial charge on any atom is 0.0715 e. The molecule has 0 spiro atoms. The fourth-order valence-corrected chi connectivity index (χ4v) is 2.63. The van der Waals surface area contributed by atoms with E-state index >= 15 is 0 Å². The van der Waals surface area contributed by atoms with Gasteiger partial charge in [0.25, 0.3) is 0 Å². The van der Waals surface area contributed by atoms with E-state index in [1.807, 2.05) is 0 Å². The first-order chi connectivity index (χ1) is 9.17. The third-order valence-electron chi connectivity index (χ3n) is 3.65. The number of benzene rings is 2. The lowest BCUT2D eigenvalue weighted by Crippen LogP contribution is -2.30. The molecule has 2 rings (SSSR count). The van der Waals surface area contributed by atoms with Crippen LogP contribution in [-0.2, 0) is 6.42 Å². The van der Waals surface area contributed by atoms with Crippen molar-refractivity contribution in [3.63, 3.8) is 0 Å². The number of hydrogen-bond acceptors (Lipinski definition) is 2. The van der Waals surface area contributed by atoms with Crippen LogP contribution in [0, 0.1) is 13.8 Å². The Morgan fingerprint density at radius 1 is 1.05 bits per heavy atom. The topological polar surface area (TPSA) is 38.0 Å². The van der Waals surface area contributed by atoms with Crippen LogP contribution in [0.5, 0.6) is 0 Å². The second-order valence-electron chi connectivity index (χ2n) is 5.01. The Morgan fingerprint density at radius 3 is 2.42 bits per heavy atom. The minimum atomic E-state index is 0.0525. The summed E-state index contributed by atoms with van der Waals surface area (Å²) < 4.78 is 0. The highest BCUT2D eigenvalue weighted by Gasteiger charge is 2.16. The molecule has 0 saturated heterocycles. The molecular weight excluding hydrogens is 232 g/mol. The lowest BCUT2D eigenvalue weighted by Gasteiger charge is -2.22. The molecule has 2 heteroatoms. The van der Waals surface area contributed by atoms with E-state index in [0.717, 1.165) is 6.42 Å². The molecule has 3 N–H and O–H groups in total. The first-order valence-corrected chi connectivity index (χ1v) is 6.78. The summed E-state index contributed by atoms with van der Waals surface area (Å²) in [5.41, 5.74) is 9.37. The Balaban J connectivity index is 2.50. The lowest BCUT2D eigenvalue weighted by atomic mass is 9.91. The Morgan fingerprint density at radius 2 is 1.79 bits per heavy atom. The summed E-state index contributed by atoms with van der Waals surface area (Å²) >= 11 is 0. The molecule has 0 radical (unpaired) electrons. The van der Waals surface area contributed by atoms with Gasteiger partial charge in [-0.05, 0) is 42.5 Å². The zero-order valence-corrected chi connectivity index (χ0v) is 11.9. The fourth-order valence-electron chi connectivity index (χ4n) is 2.63. The number of nitrogens with one attached hydrogen (secondary N) is 1. The summed E-state index contributed by atoms with van der Waals surface area (Å²) in [5, 5.41) is 0. The van der Waals surface area contributed by atoms with Gasteiger partial charge < -0.3 is 0 Å². The van der Waals surface area contributed by atoms with Gasteiger partial charge in [-0.15, -0.1) is 0 Å². The van der Waals surface area contributed by atoms with Crippen molar-refractivity contribution in [2.45, 2.75) is 33.2 Å². The second-order valence-corrected chi connectivity index (χ2v) is 5.01. The maximum absolute atomic E-state index is 5.82. The number of hydrogen-bond donors (Lipinski definition) is 2. The number of nitrogens with two attached hydrogens (primary N) is 1. The van der Waals surface area contributed by atoms with Crippen molar-refractivity contribution in [2.75, 3.05) is 0 Å². The van der Waals surface area contributed by atoms with Gasteiger partial charge in [0.15, 0.2) is 0 Å². The minimum Gasteiger partial charge on any atom is -0.271 e. The van der Waals surface area contributed by atoms with Gasteiger partial charge in [-0.25, -0.2) is 5.43 Å². The molecule has 0 fully saturated rings. The van der Waals surface area contributed by atoms with Crippen molar-refractivity contribution in [2.24, 2.45) is 5.84 Å². The average molecular weight is 254 g/mol. The standard InChI is InChI=1S/C17H22N2/c1-4-14-7-5-6-8-16(14)17(19-18)15-10-9-12(2)11-13(15)3/h5-11,17,19H,4,18H2,1-3H3. The monoisotopic (exact) mass is 254 g/mol. The third kappa shape index (κ3) is 2.86. The van der Waals surface area contributed by atoms with Crippen molar-refractivity contribution in [1.29, 1.82) is 0 Å².